The second-order valence-electron chi connectivity index (χ2n) is 8.16. The molecule has 0 spiro atoms. The van der Waals surface area contributed by atoms with Crippen LogP contribution in [-0.2, 0) is 7.05 Å². The quantitative estimate of drug-likeness (QED) is 0.366. The van der Waals surface area contributed by atoms with Crippen LogP contribution in [0.1, 0.15) is 10.4 Å². The predicted molar refractivity (Wildman–Crippen MR) is 139 cm³/mol. The number of fused-ring (bicyclic) bond motifs is 1. The third-order valence-corrected chi connectivity index (χ3v) is 6.00. The van der Waals surface area contributed by atoms with Gasteiger partial charge in [-0.25, -0.2) is 4.68 Å². The molecule has 0 unspecified atom stereocenters. The van der Waals surface area contributed by atoms with Gasteiger partial charge in [-0.3, -0.25) is 14.9 Å². The van der Waals surface area contributed by atoms with Crippen molar-refractivity contribution < 1.29 is 19.4 Å². The van der Waals surface area contributed by atoms with Crippen LogP contribution in [0.25, 0.3) is 28.0 Å². The van der Waals surface area contributed by atoms with E-state index in [0.717, 1.165) is 0 Å². The van der Waals surface area contributed by atoms with Crippen LogP contribution in [0.3, 0.4) is 0 Å². The SMILES string of the molecule is COc1ccc(-c2nc(NC(=O)c3c(O)c4ccccc4n(C)c3=O)nn2-c2ccc(OC)cc2)cc1. The number of hydrogen-bond acceptors (Lipinski definition) is 7. The van der Waals surface area contributed by atoms with Gasteiger partial charge < -0.3 is 19.1 Å². The highest BCUT2D eigenvalue weighted by Crippen LogP contribution is 2.28. The monoisotopic (exact) mass is 497 g/mol. The predicted octanol–water partition coefficient (Wildman–Crippen LogP) is 3.76. The summed E-state index contributed by atoms with van der Waals surface area (Å²) in [5.74, 6) is 0.527. The van der Waals surface area contributed by atoms with Crippen LogP contribution in [0.5, 0.6) is 17.2 Å². The van der Waals surface area contributed by atoms with E-state index in [1.54, 1.807) is 86.6 Å². The third-order valence-electron chi connectivity index (χ3n) is 6.00. The van der Waals surface area contributed by atoms with E-state index in [4.69, 9.17) is 9.47 Å². The second kappa shape index (κ2) is 9.50. The van der Waals surface area contributed by atoms with Gasteiger partial charge in [-0.05, 0) is 60.7 Å². The Bertz CT molecular complexity index is 1610. The molecule has 10 nitrogen and oxygen atoms in total. The number of anilines is 1. The van der Waals surface area contributed by atoms with Crippen LogP contribution in [-0.4, -0.2) is 44.6 Å². The zero-order valence-corrected chi connectivity index (χ0v) is 20.3. The normalized spacial score (nSPS) is 10.9. The third kappa shape index (κ3) is 4.25. The van der Waals surface area contributed by atoms with Crippen molar-refractivity contribution in [2.45, 2.75) is 0 Å². The first-order chi connectivity index (χ1) is 17.9. The zero-order chi connectivity index (χ0) is 26.1. The van der Waals surface area contributed by atoms with Crippen molar-refractivity contribution in [3.63, 3.8) is 0 Å². The number of ether oxygens (including phenoxy) is 2. The Morgan fingerprint density at radius 1 is 0.919 bits per heavy atom. The van der Waals surface area contributed by atoms with Gasteiger partial charge in [-0.2, -0.15) is 4.98 Å². The van der Waals surface area contributed by atoms with Crippen molar-refractivity contribution in [1.29, 1.82) is 0 Å². The number of aryl methyl sites for hydroxylation is 1. The average Bonchev–Trinajstić information content (AvgIpc) is 3.35. The first-order valence-electron chi connectivity index (χ1n) is 11.3. The number of rotatable bonds is 6. The molecule has 3 aromatic carbocycles. The largest absolute Gasteiger partial charge is 0.506 e. The smallest absolute Gasteiger partial charge is 0.267 e. The molecule has 37 heavy (non-hydrogen) atoms. The number of hydrogen-bond donors (Lipinski definition) is 2. The number of aromatic hydroxyl groups is 1. The van der Waals surface area contributed by atoms with Gasteiger partial charge in [0.05, 0.1) is 25.4 Å². The molecule has 10 heteroatoms. The van der Waals surface area contributed by atoms with Crippen LogP contribution in [0, 0.1) is 0 Å². The average molecular weight is 498 g/mol. The van der Waals surface area contributed by atoms with E-state index >= 15 is 0 Å². The van der Waals surface area contributed by atoms with Crippen molar-refractivity contribution in [2.75, 3.05) is 19.5 Å². The molecule has 0 radical (unpaired) electrons. The Morgan fingerprint density at radius 3 is 2.19 bits per heavy atom. The number of para-hydroxylation sites is 1. The molecule has 0 aliphatic carbocycles. The van der Waals surface area contributed by atoms with Crippen LogP contribution in [0.4, 0.5) is 5.95 Å². The lowest BCUT2D eigenvalue weighted by molar-refractivity contribution is 0.102. The van der Waals surface area contributed by atoms with Gasteiger partial charge in [0.1, 0.15) is 22.8 Å². The van der Waals surface area contributed by atoms with Crippen molar-refractivity contribution >= 4 is 22.8 Å². The summed E-state index contributed by atoms with van der Waals surface area (Å²) in [5, 5.41) is 18.2. The summed E-state index contributed by atoms with van der Waals surface area (Å²) in [6, 6.07) is 21.2. The minimum atomic E-state index is -0.822. The van der Waals surface area contributed by atoms with E-state index in [0.29, 0.717) is 39.5 Å². The number of methoxy groups -OCH3 is 2. The Balaban J connectivity index is 1.58. The topological polar surface area (TPSA) is 120 Å². The zero-order valence-electron chi connectivity index (χ0n) is 20.3. The van der Waals surface area contributed by atoms with Gasteiger partial charge in [-0.15, -0.1) is 5.10 Å². The highest BCUT2D eigenvalue weighted by Gasteiger charge is 2.23. The number of carbonyl (C=O) groups is 1. The Labute approximate surface area is 211 Å². The lowest BCUT2D eigenvalue weighted by Gasteiger charge is -2.10. The number of nitrogens with one attached hydrogen (secondary N) is 1. The molecule has 0 fully saturated rings. The molecular formula is C27H23N5O5. The molecular weight excluding hydrogens is 474 g/mol. The van der Waals surface area contributed by atoms with Crippen molar-refractivity contribution in [1.82, 2.24) is 19.3 Å². The molecule has 0 atom stereocenters. The Hall–Kier alpha value is -5.12. The Kier molecular flexibility index (Phi) is 6.06. The molecule has 186 valence electrons. The van der Waals surface area contributed by atoms with Crippen LogP contribution in [0.2, 0.25) is 0 Å². The molecule has 0 saturated heterocycles. The maximum atomic E-state index is 13.2. The second-order valence-corrected chi connectivity index (χ2v) is 8.16. The summed E-state index contributed by atoms with van der Waals surface area (Å²) in [4.78, 5) is 30.7. The molecule has 0 bridgehead atoms. The summed E-state index contributed by atoms with van der Waals surface area (Å²) >= 11 is 0. The fourth-order valence-electron chi connectivity index (χ4n) is 4.04. The summed E-state index contributed by atoms with van der Waals surface area (Å²) < 4.78 is 13.4. The summed E-state index contributed by atoms with van der Waals surface area (Å²) in [7, 11) is 4.70. The molecule has 0 saturated carbocycles. The molecule has 2 aromatic heterocycles. The summed E-state index contributed by atoms with van der Waals surface area (Å²) in [5.41, 5.74) is 0.857. The van der Waals surface area contributed by atoms with E-state index in [2.05, 4.69) is 15.4 Å². The maximum Gasteiger partial charge on any atom is 0.267 e. The first-order valence-corrected chi connectivity index (χ1v) is 11.3. The molecule has 1 amide bonds. The molecule has 0 aliphatic heterocycles. The molecule has 5 aromatic rings. The highest BCUT2D eigenvalue weighted by atomic mass is 16.5. The number of benzene rings is 3. The van der Waals surface area contributed by atoms with E-state index in [-0.39, 0.29) is 5.95 Å². The lowest BCUT2D eigenvalue weighted by Crippen LogP contribution is -2.28. The Morgan fingerprint density at radius 2 is 1.54 bits per heavy atom. The van der Waals surface area contributed by atoms with Crippen molar-refractivity contribution in [3.05, 3.63) is 88.7 Å². The lowest BCUT2D eigenvalue weighted by atomic mass is 10.1. The number of aromatic nitrogens is 4. The van der Waals surface area contributed by atoms with Crippen LogP contribution >= 0.6 is 0 Å². The number of nitrogens with zero attached hydrogens (tertiary/aromatic N) is 4. The van der Waals surface area contributed by atoms with Gasteiger partial charge in [0.15, 0.2) is 5.82 Å². The minimum Gasteiger partial charge on any atom is -0.506 e. The van der Waals surface area contributed by atoms with E-state index < -0.39 is 22.8 Å². The highest BCUT2D eigenvalue weighted by molar-refractivity contribution is 6.08. The standard InChI is InChI=1S/C27H23N5O5/c1-31-21-7-5-4-6-20(21)23(33)22(26(31)35)25(34)29-27-28-24(16-8-12-18(36-2)13-9-16)32(30-27)17-10-14-19(37-3)15-11-17/h4-15,33H,1-3H3,(H,29,30,34). The first kappa shape index (κ1) is 23.6. The van der Waals surface area contributed by atoms with E-state index in [9.17, 15) is 14.7 Å². The fraction of sp³-hybridized carbons (Fsp3) is 0.111. The summed E-state index contributed by atoms with van der Waals surface area (Å²) in [6.07, 6.45) is 0. The van der Waals surface area contributed by atoms with E-state index in [1.165, 1.54) is 4.57 Å². The number of carbonyl (C=O) groups excluding carboxylic acids is 1. The minimum absolute atomic E-state index is 0.0405. The van der Waals surface area contributed by atoms with E-state index in [1.807, 2.05) is 12.1 Å². The molecule has 5 rings (SSSR count). The molecule has 0 aliphatic rings. The van der Waals surface area contributed by atoms with Crippen LogP contribution < -0.4 is 20.3 Å². The van der Waals surface area contributed by atoms with Gasteiger partial charge in [0.25, 0.3) is 11.5 Å². The number of amides is 1. The van der Waals surface area contributed by atoms with Crippen molar-refractivity contribution in [3.8, 4) is 34.3 Å². The molecule has 2 heterocycles. The van der Waals surface area contributed by atoms with Gasteiger partial charge in [0, 0.05) is 18.0 Å². The van der Waals surface area contributed by atoms with Gasteiger partial charge in [0.2, 0.25) is 5.95 Å². The van der Waals surface area contributed by atoms with Crippen molar-refractivity contribution in [2.24, 2.45) is 7.05 Å². The number of pyridine rings is 1. The van der Waals surface area contributed by atoms with Crippen LogP contribution in [0.15, 0.2) is 77.6 Å². The maximum absolute atomic E-state index is 13.2. The summed E-state index contributed by atoms with van der Waals surface area (Å²) in [6.45, 7) is 0. The molecule has 2 N–H and O–H groups in total. The van der Waals surface area contributed by atoms with Gasteiger partial charge >= 0.3 is 0 Å². The fourth-order valence-corrected chi connectivity index (χ4v) is 4.04. The van der Waals surface area contributed by atoms with Gasteiger partial charge in [-0.1, -0.05) is 12.1 Å².